The molecule has 6 heteroatoms. The predicted octanol–water partition coefficient (Wildman–Crippen LogP) is 1.58. The Morgan fingerprint density at radius 2 is 1.92 bits per heavy atom. The lowest BCUT2D eigenvalue weighted by Gasteiger charge is -2.03. The zero-order valence-corrected chi connectivity index (χ0v) is 6.42. The molecule has 1 rings (SSSR count). The van der Waals surface area contributed by atoms with E-state index < -0.39 is 11.2 Å². The summed E-state index contributed by atoms with van der Waals surface area (Å²) in [6.07, 6.45) is 2.41. The first-order valence-corrected chi connectivity index (χ1v) is 3.26. The van der Waals surface area contributed by atoms with Crippen molar-refractivity contribution in [2.24, 2.45) is 0 Å². The predicted molar refractivity (Wildman–Crippen MR) is 37.2 cm³/mol. The van der Waals surface area contributed by atoms with Gasteiger partial charge in [-0.3, -0.25) is 4.79 Å². The second-order valence-electron chi connectivity index (χ2n) is 1.96. The molecule has 0 unspecified atom stereocenters. The Labute approximate surface area is 71.4 Å². The number of rotatable bonds is 2. The van der Waals surface area contributed by atoms with E-state index in [-0.39, 0.29) is 5.56 Å². The molecule has 0 atom stereocenters. The molecule has 1 aromatic rings. The lowest BCUT2D eigenvalue weighted by Crippen LogP contribution is -2.09. The fourth-order valence-corrected chi connectivity index (χ4v) is 0.643. The molecule has 64 valence electrons. The number of hydrogen-bond donors (Lipinski definition) is 0. The lowest BCUT2D eigenvalue weighted by atomic mass is 10.4. The van der Waals surface area contributed by atoms with Gasteiger partial charge < -0.3 is 0 Å². The molecule has 0 aliphatic rings. The van der Waals surface area contributed by atoms with Gasteiger partial charge in [-0.2, -0.15) is 8.78 Å². The van der Waals surface area contributed by atoms with Gasteiger partial charge in [-0.1, -0.05) is 0 Å². The number of alkyl halides is 3. The molecule has 0 bridgehead atoms. The van der Waals surface area contributed by atoms with Gasteiger partial charge >= 0.3 is 5.38 Å². The van der Waals surface area contributed by atoms with Gasteiger partial charge in [-0.15, -0.1) is 0 Å². The van der Waals surface area contributed by atoms with Crippen LogP contribution >= 0.6 is 11.6 Å². The Morgan fingerprint density at radius 1 is 1.42 bits per heavy atom. The zero-order valence-electron chi connectivity index (χ0n) is 5.67. The van der Waals surface area contributed by atoms with Crippen LogP contribution in [0.5, 0.6) is 0 Å². The second kappa shape index (κ2) is 3.10. The van der Waals surface area contributed by atoms with Crippen LogP contribution in [-0.4, -0.2) is 16.3 Å². The number of aldehydes is 1. The van der Waals surface area contributed by atoms with Crippen LogP contribution < -0.4 is 0 Å². The molecular formula is C6H3ClF2N2O. The molecule has 0 saturated carbocycles. The van der Waals surface area contributed by atoms with Crippen LogP contribution in [0.15, 0.2) is 12.4 Å². The topological polar surface area (TPSA) is 42.9 Å². The Kier molecular flexibility index (Phi) is 2.32. The molecular weight excluding hydrogens is 190 g/mol. The molecule has 0 aliphatic heterocycles. The molecule has 3 nitrogen and oxygen atoms in total. The maximum Gasteiger partial charge on any atom is 0.381 e. The molecule has 0 amide bonds. The molecule has 0 aromatic carbocycles. The van der Waals surface area contributed by atoms with Crippen LogP contribution in [0.2, 0.25) is 0 Å². The average molecular weight is 193 g/mol. The van der Waals surface area contributed by atoms with E-state index in [1.54, 1.807) is 0 Å². The van der Waals surface area contributed by atoms with Gasteiger partial charge in [0.25, 0.3) is 0 Å². The van der Waals surface area contributed by atoms with Gasteiger partial charge in [0.1, 0.15) is 0 Å². The first kappa shape index (κ1) is 8.99. The summed E-state index contributed by atoms with van der Waals surface area (Å²) >= 11 is 4.61. The number of hydrogen-bond acceptors (Lipinski definition) is 3. The zero-order chi connectivity index (χ0) is 9.19. The SMILES string of the molecule is O=Cc1cnc(C(F)(F)Cl)nc1. The van der Waals surface area contributed by atoms with E-state index in [0.29, 0.717) is 6.29 Å². The summed E-state index contributed by atoms with van der Waals surface area (Å²) in [5.41, 5.74) is 0.125. The molecule has 0 radical (unpaired) electrons. The van der Waals surface area contributed by atoms with Crippen molar-refractivity contribution in [1.82, 2.24) is 9.97 Å². The largest absolute Gasteiger partial charge is 0.381 e. The summed E-state index contributed by atoms with van der Waals surface area (Å²) in [5.74, 6) is -0.810. The van der Waals surface area contributed by atoms with Gasteiger partial charge in [0.15, 0.2) is 6.29 Å². The Bertz CT molecular complexity index is 283. The molecule has 0 fully saturated rings. The van der Waals surface area contributed by atoms with Crippen LogP contribution in [0, 0.1) is 0 Å². The van der Waals surface area contributed by atoms with E-state index in [1.165, 1.54) is 0 Å². The molecule has 12 heavy (non-hydrogen) atoms. The van der Waals surface area contributed by atoms with Crippen LogP contribution in [0.25, 0.3) is 0 Å². The van der Waals surface area contributed by atoms with Gasteiger partial charge in [0.2, 0.25) is 5.82 Å². The number of aromatic nitrogens is 2. The highest BCUT2D eigenvalue weighted by molar-refractivity contribution is 6.21. The third-order valence-corrected chi connectivity index (χ3v) is 1.23. The van der Waals surface area contributed by atoms with Crippen LogP contribution in [0.4, 0.5) is 8.78 Å². The minimum atomic E-state index is -3.58. The van der Waals surface area contributed by atoms with Gasteiger partial charge in [0, 0.05) is 12.4 Å². The van der Waals surface area contributed by atoms with Crippen LogP contribution in [0.1, 0.15) is 16.2 Å². The number of carbonyl (C=O) groups is 1. The lowest BCUT2D eigenvalue weighted by molar-refractivity contribution is 0.0842. The molecule has 0 saturated heterocycles. The normalized spacial score (nSPS) is 11.2. The van der Waals surface area contributed by atoms with E-state index >= 15 is 0 Å². The smallest absolute Gasteiger partial charge is 0.298 e. The quantitative estimate of drug-likeness (QED) is 0.528. The van der Waals surface area contributed by atoms with Gasteiger partial charge in [0.05, 0.1) is 5.56 Å². The van der Waals surface area contributed by atoms with Crippen molar-refractivity contribution < 1.29 is 13.6 Å². The van der Waals surface area contributed by atoms with Gasteiger partial charge in [-0.05, 0) is 11.6 Å². The maximum absolute atomic E-state index is 12.2. The average Bonchev–Trinajstić information content (AvgIpc) is 2.03. The summed E-state index contributed by atoms with van der Waals surface area (Å²) in [5, 5.41) is -3.58. The van der Waals surface area contributed by atoms with E-state index in [2.05, 4.69) is 21.6 Å². The van der Waals surface area contributed by atoms with Crippen molar-refractivity contribution in [2.75, 3.05) is 0 Å². The summed E-state index contributed by atoms with van der Waals surface area (Å²) in [6, 6.07) is 0. The summed E-state index contributed by atoms with van der Waals surface area (Å²) in [4.78, 5) is 16.5. The molecule has 1 aromatic heterocycles. The van der Waals surface area contributed by atoms with E-state index in [4.69, 9.17) is 0 Å². The summed E-state index contributed by atoms with van der Waals surface area (Å²) in [6.45, 7) is 0. The number of nitrogens with zero attached hydrogens (tertiary/aromatic N) is 2. The van der Waals surface area contributed by atoms with Crippen molar-refractivity contribution in [1.29, 1.82) is 0 Å². The maximum atomic E-state index is 12.2. The number of carbonyl (C=O) groups excluding carboxylic acids is 1. The van der Waals surface area contributed by atoms with Gasteiger partial charge in [-0.25, -0.2) is 9.97 Å². The van der Waals surface area contributed by atoms with Crippen LogP contribution in [0.3, 0.4) is 0 Å². The fourth-order valence-electron chi connectivity index (χ4n) is 0.545. The first-order chi connectivity index (χ1) is 5.54. The van der Waals surface area contributed by atoms with Crippen LogP contribution in [-0.2, 0) is 5.38 Å². The summed E-state index contributed by atoms with van der Waals surface area (Å²) in [7, 11) is 0. The molecule has 1 heterocycles. The Hall–Kier alpha value is -1.10. The monoisotopic (exact) mass is 192 g/mol. The van der Waals surface area contributed by atoms with Crippen molar-refractivity contribution in [3.05, 3.63) is 23.8 Å². The highest BCUT2D eigenvalue weighted by Crippen LogP contribution is 2.28. The van der Waals surface area contributed by atoms with E-state index in [0.717, 1.165) is 12.4 Å². The molecule has 0 N–H and O–H groups in total. The summed E-state index contributed by atoms with van der Waals surface area (Å²) < 4.78 is 24.5. The van der Waals surface area contributed by atoms with E-state index in [9.17, 15) is 13.6 Å². The highest BCUT2D eigenvalue weighted by atomic mass is 35.5. The first-order valence-electron chi connectivity index (χ1n) is 2.88. The standard InChI is InChI=1S/C6H3ClF2N2O/c7-6(8,9)5-10-1-4(3-12)2-11-5/h1-3H. The second-order valence-corrected chi connectivity index (χ2v) is 2.43. The van der Waals surface area contributed by atoms with Crippen molar-refractivity contribution in [3.63, 3.8) is 0 Å². The van der Waals surface area contributed by atoms with Crippen molar-refractivity contribution in [2.45, 2.75) is 5.38 Å². The molecule has 0 aliphatic carbocycles. The minimum Gasteiger partial charge on any atom is -0.298 e. The van der Waals surface area contributed by atoms with E-state index in [1.807, 2.05) is 0 Å². The fraction of sp³-hybridized carbons (Fsp3) is 0.167. The highest BCUT2D eigenvalue weighted by Gasteiger charge is 2.31. The minimum absolute atomic E-state index is 0.125. The molecule has 0 spiro atoms. The van der Waals surface area contributed by atoms with Crippen molar-refractivity contribution >= 4 is 17.9 Å². The third-order valence-electron chi connectivity index (χ3n) is 1.06. The Morgan fingerprint density at radius 3 is 2.25 bits per heavy atom. The number of halogens is 3. The third kappa shape index (κ3) is 1.94. The Balaban J connectivity index is 3.00. The van der Waals surface area contributed by atoms with Crippen molar-refractivity contribution in [3.8, 4) is 0 Å².